The number of nitrogens with zero attached hydrogens (tertiary/aromatic N) is 3. The van der Waals surface area contributed by atoms with Crippen molar-refractivity contribution in [3.63, 3.8) is 0 Å². The van der Waals surface area contributed by atoms with Gasteiger partial charge in [-0.3, -0.25) is 9.48 Å². The normalized spacial score (nSPS) is 14.5. The van der Waals surface area contributed by atoms with E-state index in [9.17, 15) is 9.90 Å². The minimum absolute atomic E-state index is 0.0112. The average molecular weight is 336 g/mol. The predicted molar refractivity (Wildman–Crippen MR) is 89.4 cm³/mol. The Morgan fingerprint density at radius 1 is 1.26 bits per heavy atom. The van der Waals surface area contributed by atoms with Gasteiger partial charge in [0.05, 0.1) is 12.1 Å². The first kappa shape index (κ1) is 17.6. The molecule has 6 heteroatoms. The molecule has 0 radical (unpaired) electrons. The van der Waals surface area contributed by atoms with Gasteiger partial charge in [0, 0.05) is 17.0 Å². The van der Waals surface area contributed by atoms with Crippen LogP contribution in [-0.4, -0.2) is 31.3 Å². The molecule has 5 nitrogen and oxygen atoms in total. The van der Waals surface area contributed by atoms with Gasteiger partial charge in [0.15, 0.2) is 5.78 Å². The Balaban J connectivity index is 2.09. The largest absolute Gasteiger partial charge is 0.387 e. The van der Waals surface area contributed by atoms with Crippen LogP contribution >= 0.6 is 11.6 Å². The number of carbonyl (C=O) groups is 1. The molecule has 1 heterocycles. The Morgan fingerprint density at radius 3 is 2.43 bits per heavy atom. The third-order valence-corrected chi connectivity index (χ3v) is 4.47. The number of rotatable bonds is 6. The second kappa shape index (κ2) is 6.81. The van der Waals surface area contributed by atoms with Crippen LogP contribution in [0, 0.1) is 5.41 Å². The number of aromatic nitrogens is 3. The monoisotopic (exact) mass is 335 g/mol. The number of benzene rings is 1. The van der Waals surface area contributed by atoms with E-state index < -0.39 is 11.0 Å². The maximum absolute atomic E-state index is 12.3. The Kier molecular flexibility index (Phi) is 5.22. The van der Waals surface area contributed by atoms with Crippen molar-refractivity contribution in [2.24, 2.45) is 5.41 Å². The summed E-state index contributed by atoms with van der Waals surface area (Å²) in [5, 5.41) is 15.7. The minimum atomic E-state index is -1.07. The lowest BCUT2D eigenvalue weighted by molar-refractivity contribution is -0.0795. The summed E-state index contributed by atoms with van der Waals surface area (Å²) >= 11 is 5.84. The molecule has 1 atom stereocenters. The van der Waals surface area contributed by atoms with E-state index >= 15 is 0 Å². The van der Waals surface area contributed by atoms with E-state index in [2.05, 4.69) is 10.1 Å². The van der Waals surface area contributed by atoms with Crippen molar-refractivity contribution < 1.29 is 9.90 Å². The van der Waals surface area contributed by atoms with Gasteiger partial charge in [-0.25, -0.2) is 4.98 Å². The van der Waals surface area contributed by atoms with Gasteiger partial charge in [-0.2, -0.15) is 5.10 Å². The summed E-state index contributed by atoms with van der Waals surface area (Å²) in [4.78, 5) is 16.2. The first-order valence-corrected chi connectivity index (χ1v) is 7.93. The quantitative estimate of drug-likeness (QED) is 0.822. The molecular weight excluding hydrogens is 314 g/mol. The number of halogens is 1. The van der Waals surface area contributed by atoms with Crippen molar-refractivity contribution in [3.05, 3.63) is 47.5 Å². The Bertz CT molecular complexity index is 647. The Labute approximate surface area is 141 Å². The van der Waals surface area contributed by atoms with Gasteiger partial charge in [0.1, 0.15) is 12.7 Å². The van der Waals surface area contributed by atoms with Crippen molar-refractivity contribution in [1.29, 1.82) is 0 Å². The van der Waals surface area contributed by atoms with Crippen molar-refractivity contribution in [1.82, 2.24) is 14.8 Å². The zero-order valence-corrected chi connectivity index (χ0v) is 14.4. The number of aliphatic hydroxyl groups is 1. The summed E-state index contributed by atoms with van der Waals surface area (Å²) in [6.07, 6.45) is 3.60. The highest BCUT2D eigenvalue weighted by atomic mass is 35.5. The van der Waals surface area contributed by atoms with E-state index in [-0.39, 0.29) is 12.2 Å². The summed E-state index contributed by atoms with van der Waals surface area (Å²) in [7, 11) is 0. The second-order valence-electron chi connectivity index (χ2n) is 6.80. The van der Waals surface area contributed by atoms with Crippen LogP contribution in [0.4, 0.5) is 0 Å². The third kappa shape index (κ3) is 4.39. The molecule has 0 aliphatic carbocycles. The minimum Gasteiger partial charge on any atom is -0.387 e. The highest BCUT2D eigenvalue weighted by Gasteiger charge is 2.40. The molecule has 0 aliphatic heterocycles. The summed E-state index contributed by atoms with van der Waals surface area (Å²) < 4.78 is 1.60. The molecule has 0 fully saturated rings. The molecule has 0 amide bonds. The predicted octanol–water partition coefficient (Wildman–Crippen LogP) is 3.37. The fraction of sp³-hybridized carbons (Fsp3) is 0.471. The lowest BCUT2D eigenvalue weighted by Gasteiger charge is -2.40. The van der Waals surface area contributed by atoms with E-state index in [0.29, 0.717) is 23.6 Å². The van der Waals surface area contributed by atoms with Gasteiger partial charge < -0.3 is 5.11 Å². The van der Waals surface area contributed by atoms with Gasteiger partial charge in [-0.1, -0.05) is 32.4 Å². The molecule has 0 saturated heterocycles. The molecule has 0 bridgehead atoms. The van der Waals surface area contributed by atoms with E-state index in [1.165, 1.54) is 6.33 Å². The van der Waals surface area contributed by atoms with Crippen LogP contribution < -0.4 is 0 Å². The van der Waals surface area contributed by atoms with Crippen molar-refractivity contribution in [2.75, 3.05) is 0 Å². The SMILES string of the molecule is CC(C)(C)C(O)(CCC(=O)c1ccc(Cl)cc1)Cn1cncn1. The zero-order valence-electron chi connectivity index (χ0n) is 13.7. The molecule has 124 valence electrons. The molecule has 1 unspecified atom stereocenters. The van der Waals surface area contributed by atoms with Crippen LogP contribution in [0.3, 0.4) is 0 Å². The number of ketones is 1. The van der Waals surface area contributed by atoms with Crippen molar-refractivity contribution in [2.45, 2.75) is 45.8 Å². The number of hydrogen-bond donors (Lipinski definition) is 1. The van der Waals surface area contributed by atoms with Crippen LogP contribution in [0.5, 0.6) is 0 Å². The number of hydrogen-bond acceptors (Lipinski definition) is 4. The standard InChI is InChI=1S/C17H22ClN3O2/c1-16(2,3)17(23,10-21-12-19-11-20-21)9-8-15(22)13-4-6-14(18)7-5-13/h4-7,11-12,23H,8-10H2,1-3H3. The summed E-state index contributed by atoms with van der Waals surface area (Å²) in [6, 6.07) is 6.80. The average Bonchev–Trinajstić information content (AvgIpc) is 2.97. The number of Topliss-reactive ketones (excluding diaryl/α,β-unsaturated/α-hetero) is 1. The molecule has 0 spiro atoms. The maximum atomic E-state index is 12.3. The van der Waals surface area contributed by atoms with Crippen molar-refractivity contribution >= 4 is 17.4 Å². The van der Waals surface area contributed by atoms with Crippen molar-refractivity contribution in [3.8, 4) is 0 Å². The fourth-order valence-corrected chi connectivity index (χ4v) is 2.50. The van der Waals surface area contributed by atoms with Gasteiger partial charge in [-0.05, 0) is 36.1 Å². The number of carbonyl (C=O) groups excluding carboxylic acids is 1. The van der Waals surface area contributed by atoms with Crippen LogP contribution in [0.2, 0.25) is 5.02 Å². The second-order valence-corrected chi connectivity index (χ2v) is 7.24. The summed E-state index contributed by atoms with van der Waals surface area (Å²) in [5.74, 6) is -0.0112. The molecule has 1 N–H and O–H groups in total. The van der Waals surface area contributed by atoms with E-state index in [0.717, 1.165) is 0 Å². The molecule has 0 saturated carbocycles. The highest BCUT2D eigenvalue weighted by molar-refractivity contribution is 6.30. The third-order valence-electron chi connectivity index (χ3n) is 4.22. The zero-order chi connectivity index (χ0) is 17.1. The Hall–Kier alpha value is -1.72. The molecule has 2 aromatic rings. The van der Waals surface area contributed by atoms with Crippen LogP contribution in [0.25, 0.3) is 0 Å². The molecule has 2 rings (SSSR count). The lowest BCUT2D eigenvalue weighted by Crippen LogP contribution is -2.47. The van der Waals surface area contributed by atoms with E-state index in [1.807, 2.05) is 20.8 Å². The summed E-state index contributed by atoms with van der Waals surface area (Å²) in [6.45, 7) is 6.16. The Morgan fingerprint density at radius 2 is 1.91 bits per heavy atom. The fourth-order valence-electron chi connectivity index (χ4n) is 2.37. The molecular formula is C17H22ClN3O2. The topological polar surface area (TPSA) is 68.0 Å². The van der Waals surface area contributed by atoms with Crippen LogP contribution in [-0.2, 0) is 6.54 Å². The van der Waals surface area contributed by atoms with Gasteiger partial charge in [-0.15, -0.1) is 0 Å². The van der Waals surface area contributed by atoms with Gasteiger partial charge in [0.2, 0.25) is 0 Å². The summed E-state index contributed by atoms with van der Waals surface area (Å²) in [5.41, 5.74) is -0.867. The molecule has 0 aliphatic rings. The van der Waals surface area contributed by atoms with Gasteiger partial charge >= 0.3 is 0 Å². The van der Waals surface area contributed by atoms with Crippen LogP contribution in [0.1, 0.15) is 44.0 Å². The van der Waals surface area contributed by atoms with Crippen LogP contribution in [0.15, 0.2) is 36.9 Å². The lowest BCUT2D eigenvalue weighted by atomic mass is 9.73. The van der Waals surface area contributed by atoms with E-state index in [1.54, 1.807) is 35.3 Å². The highest BCUT2D eigenvalue weighted by Crippen LogP contribution is 2.36. The maximum Gasteiger partial charge on any atom is 0.162 e. The van der Waals surface area contributed by atoms with E-state index in [4.69, 9.17) is 11.6 Å². The molecule has 23 heavy (non-hydrogen) atoms. The molecule has 1 aromatic heterocycles. The molecule has 1 aromatic carbocycles. The first-order chi connectivity index (χ1) is 10.7. The first-order valence-electron chi connectivity index (χ1n) is 7.55. The smallest absolute Gasteiger partial charge is 0.162 e. The van der Waals surface area contributed by atoms with Gasteiger partial charge in [0.25, 0.3) is 0 Å².